The van der Waals surface area contributed by atoms with Crippen LogP contribution < -0.4 is 11.1 Å². The highest BCUT2D eigenvalue weighted by Gasteiger charge is 2.47. The van der Waals surface area contributed by atoms with Gasteiger partial charge >= 0.3 is 13.1 Å². The van der Waals surface area contributed by atoms with E-state index in [1.165, 1.54) is 12.1 Å². The summed E-state index contributed by atoms with van der Waals surface area (Å²) in [5.41, 5.74) is 5.78. The van der Waals surface area contributed by atoms with Gasteiger partial charge < -0.3 is 26.2 Å². The van der Waals surface area contributed by atoms with E-state index in [-0.39, 0.29) is 24.1 Å². The summed E-state index contributed by atoms with van der Waals surface area (Å²) in [5.74, 6) is -1.43. The first-order valence-corrected chi connectivity index (χ1v) is 10.2. The monoisotopic (exact) mass is 414 g/mol. The molecule has 1 unspecified atom stereocenters. The average molecular weight is 415 g/mol. The van der Waals surface area contributed by atoms with Crippen molar-refractivity contribution >= 4 is 24.7 Å². The van der Waals surface area contributed by atoms with Crippen molar-refractivity contribution < 1.29 is 24.3 Å². The molecule has 1 fully saturated rings. The zero-order valence-corrected chi connectivity index (χ0v) is 16.7. The van der Waals surface area contributed by atoms with Crippen LogP contribution >= 0.6 is 11.6 Å². The maximum atomic E-state index is 13.3. The number of carboxylic acids is 1. The lowest BCUT2D eigenvalue weighted by Gasteiger charge is -2.45. The Kier molecular flexibility index (Phi) is 8.70. The molecule has 28 heavy (non-hydrogen) atoms. The third kappa shape index (κ3) is 6.70. The van der Waals surface area contributed by atoms with Crippen molar-refractivity contribution in [1.82, 2.24) is 5.32 Å². The molecule has 9 heteroatoms. The summed E-state index contributed by atoms with van der Waals surface area (Å²) in [5, 5.41) is 31.1. The third-order valence-corrected chi connectivity index (χ3v) is 5.78. The number of aryl methyl sites for hydroxylation is 1. The highest BCUT2D eigenvalue weighted by Crippen LogP contribution is 2.38. The molecule has 156 valence electrons. The summed E-state index contributed by atoms with van der Waals surface area (Å²) >= 11 is 5.85. The van der Waals surface area contributed by atoms with Crippen molar-refractivity contribution in [1.29, 1.82) is 0 Å². The second kappa shape index (κ2) is 10.6. The number of unbranched alkanes of at least 4 members (excludes halogenated alkanes) is 1. The van der Waals surface area contributed by atoms with Crippen molar-refractivity contribution in [3.8, 4) is 0 Å². The molecule has 1 aromatic rings. The Hall–Kier alpha value is -1.19. The van der Waals surface area contributed by atoms with E-state index in [1.807, 2.05) is 0 Å². The number of hydrogen-bond acceptors (Lipinski definition) is 5. The molecule has 1 aliphatic rings. The van der Waals surface area contributed by atoms with Crippen molar-refractivity contribution in [2.75, 3.05) is 6.54 Å². The van der Waals surface area contributed by atoms with Crippen LogP contribution in [0, 0.1) is 11.7 Å². The van der Waals surface area contributed by atoms with Crippen LogP contribution in [0.4, 0.5) is 4.39 Å². The van der Waals surface area contributed by atoms with E-state index in [1.54, 1.807) is 6.07 Å². The van der Waals surface area contributed by atoms with Gasteiger partial charge in [0.15, 0.2) is 0 Å². The Morgan fingerprint density at radius 3 is 2.61 bits per heavy atom. The summed E-state index contributed by atoms with van der Waals surface area (Å²) in [4.78, 5) is 11.7. The minimum absolute atomic E-state index is 0.0939. The molecule has 0 aromatic heterocycles. The quantitative estimate of drug-likeness (QED) is 0.264. The SMILES string of the molecule is NC(CCCCB(O)O)(C(=O)O)C1CC(NCCCc2cc(F)cc(Cl)c2)C1. The maximum absolute atomic E-state index is 13.3. The fraction of sp³-hybridized carbons (Fsp3) is 0.632. The van der Waals surface area contributed by atoms with Gasteiger partial charge in [-0.3, -0.25) is 4.79 Å². The van der Waals surface area contributed by atoms with Crippen LogP contribution in [0.25, 0.3) is 0 Å². The molecule has 1 atom stereocenters. The average Bonchev–Trinajstić information content (AvgIpc) is 2.55. The molecule has 1 saturated carbocycles. The van der Waals surface area contributed by atoms with E-state index < -0.39 is 18.6 Å². The first-order chi connectivity index (χ1) is 13.2. The normalized spacial score (nSPS) is 21.0. The molecular formula is C19H29BClFN2O4. The Balaban J connectivity index is 1.68. The number of aliphatic carboxylic acids is 1. The van der Waals surface area contributed by atoms with E-state index in [0.717, 1.165) is 18.5 Å². The van der Waals surface area contributed by atoms with E-state index in [2.05, 4.69) is 5.32 Å². The molecule has 0 saturated heterocycles. The highest BCUT2D eigenvalue weighted by atomic mass is 35.5. The fourth-order valence-electron chi connectivity index (χ4n) is 3.79. The zero-order valence-electron chi connectivity index (χ0n) is 15.9. The molecule has 6 nitrogen and oxygen atoms in total. The number of nitrogens with two attached hydrogens (primary N) is 1. The summed E-state index contributed by atoms with van der Waals surface area (Å²) in [6, 6.07) is 4.76. The van der Waals surface area contributed by atoms with Crippen molar-refractivity contribution in [3.63, 3.8) is 0 Å². The van der Waals surface area contributed by atoms with Gasteiger partial charge in [0.2, 0.25) is 0 Å². The van der Waals surface area contributed by atoms with Crippen LogP contribution in [0.2, 0.25) is 11.3 Å². The molecule has 1 aliphatic carbocycles. The van der Waals surface area contributed by atoms with Crippen LogP contribution in [0.5, 0.6) is 0 Å². The molecule has 6 N–H and O–H groups in total. The molecule has 0 aliphatic heterocycles. The summed E-state index contributed by atoms with van der Waals surface area (Å²) in [6.45, 7) is 0.755. The van der Waals surface area contributed by atoms with Gasteiger partial charge in [0.25, 0.3) is 0 Å². The number of carbonyl (C=O) groups is 1. The topological polar surface area (TPSA) is 116 Å². The molecule has 0 heterocycles. The Morgan fingerprint density at radius 2 is 2.00 bits per heavy atom. The maximum Gasteiger partial charge on any atom is 0.451 e. The highest BCUT2D eigenvalue weighted by molar-refractivity contribution is 6.40. The van der Waals surface area contributed by atoms with Crippen LogP contribution in [-0.4, -0.2) is 46.4 Å². The number of carboxylic acid groups (broad SMARTS) is 1. The van der Waals surface area contributed by atoms with Crippen LogP contribution in [-0.2, 0) is 11.2 Å². The van der Waals surface area contributed by atoms with Gasteiger partial charge in [0.05, 0.1) is 0 Å². The van der Waals surface area contributed by atoms with Gasteiger partial charge in [-0.15, -0.1) is 0 Å². The van der Waals surface area contributed by atoms with E-state index in [9.17, 15) is 14.3 Å². The van der Waals surface area contributed by atoms with Gasteiger partial charge in [-0.05, 0) is 74.6 Å². The Morgan fingerprint density at radius 1 is 1.29 bits per heavy atom. The number of hydrogen-bond donors (Lipinski definition) is 5. The Bertz CT molecular complexity index is 641. The minimum Gasteiger partial charge on any atom is -0.480 e. The predicted molar refractivity (Wildman–Crippen MR) is 108 cm³/mol. The lowest BCUT2D eigenvalue weighted by atomic mass is 9.66. The van der Waals surface area contributed by atoms with Gasteiger partial charge in [0.1, 0.15) is 11.4 Å². The number of benzene rings is 1. The van der Waals surface area contributed by atoms with E-state index in [4.69, 9.17) is 27.4 Å². The van der Waals surface area contributed by atoms with Crippen molar-refractivity contribution in [2.24, 2.45) is 11.7 Å². The number of halogens is 2. The summed E-state index contributed by atoms with van der Waals surface area (Å²) in [6.07, 6.45) is 4.58. The molecule has 1 aromatic carbocycles. The van der Waals surface area contributed by atoms with E-state index >= 15 is 0 Å². The second-order valence-electron chi connectivity index (χ2n) is 7.77. The smallest absolute Gasteiger partial charge is 0.451 e. The molecule has 0 radical (unpaired) electrons. The molecule has 2 rings (SSSR count). The van der Waals surface area contributed by atoms with Crippen LogP contribution in [0.15, 0.2) is 18.2 Å². The fourth-order valence-corrected chi connectivity index (χ4v) is 4.03. The second-order valence-corrected chi connectivity index (χ2v) is 8.21. The lowest BCUT2D eigenvalue weighted by molar-refractivity contribution is -0.148. The standard InChI is InChI=1S/C19H29BClFN2O4/c21-15-8-13(9-16(22)12-15)4-3-7-24-17-10-14(11-17)19(23,18(25)26)5-1-2-6-20(27)28/h8-9,12,14,17,24,27-28H,1-7,10-11,23H2,(H,25,26). The van der Waals surface area contributed by atoms with Crippen molar-refractivity contribution in [3.05, 3.63) is 34.6 Å². The summed E-state index contributed by atoms with van der Waals surface area (Å²) < 4.78 is 13.3. The molecule has 0 bridgehead atoms. The summed E-state index contributed by atoms with van der Waals surface area (Å²) in [7, 11) is -1.36. The van der Waals surface area contributed by atoms with Gasteiger partial charge in [-0.2, -0.15) is 0 Å². The van der Waals surface area contributed by atoms with Crippen LogP contribution in [0.3, 0.4) is 0 Å². The first-order valence-electron chi connectivity index (χ1n) is 9.77. The van der Waals surface area contributed by atoms with Gasteiger partial charge in [-0.25, -0.2) is 4.39 Å². The minimum atomic E-state index is -1.36. The van der Waals surface area contributed by atoms with Gasteiger partial charge in [0, 0.05) is 11.1 Å². The van der Waals surface area contributed by atoms with Crippen LogP contribution in [0.1, 0.15) is 44.1 Å². The number of nitrogens with one attached hydrogen (secondary N) is 1. The third-order valence-electron chi connectivity index (χ3n) is 5.57. The first kappa shape index (κ1) is 23.1. The van der Waals surface area contributed by atoms with E-state index in [0.29, 0.717) is 43.5 Å². The number of rotatable bonds is 12. The zero-order chi connectivity index (χ0) is 20.7. The largest absolute Gasteiger partial charge is 0.480 e. The predicted octanol–water partition coefficient (Wildman–Crippen LogP) is 2.21. The lowest BCUT2D eigenvalue weighted by Crippen LogP contribution is -2.61. The molecule has 0 spiro atoms. The molecular weight excluding hydrogens is 385 g/mol. The molecule has 0 amide bonds. The van der Waals surface area contributed by atoms with Crippen molar-refractivity contribution in [2.45, 2.75) is 62.8 Å². The Labute approximate surface area is 170 Å². The van der Waals surface area contributed by atoms with Gasteiger partial charge in [-0.1, -0.05) is 24.4 Å².